The lowest BCUT2D eigenvalue weighted by atomic mass is 10.2. The van der Waals surface area contributed by atoms with Crippen LogP contribution in [0.1, 0.15) is 11.3 Å². The van der Waals surface area contributed by atoms with Crippen molar-refractivity contribution in [2.45, 2.75) is 13.5 Å². The van der Waals surface area contributed by atoms with Crippen molar-refractivity contribution in [3.05, 3.63) is 47.3 Å². The smallest absolute Gasteiger partial charge is 0.203 e. The Balaban J connectivity index is 2.07. The Hall–Kier alpha value is -1.91. The van der Waals surface area contributed by atoms with Gasteiger partial charge in [0.25, 0.3) is 0 Å². The zero-order chi connectivity index (χ0) is 12.4. The summed E-state index contributed by atoms with van der Waals surface area (Å²) < 4.78 is 27.5. The van der Waals surface area contributed by atoms with Gasteiger partial charge in [0.05, 0.1) is 5.69 Å². The number of imidazole rings is 1. The monoisotopic (exact) mass is 237 g/mol. The molecule has 0 saturated heterocycles. The highest BCUT2D eigenvalue weighted by molar-refractivity contribution is 5.30. The SMILES string of the molecule is Cc1cn(C)c(NCc2ccc(F)c(F)c2)n1. The molecule has 5 heteroatoms. The number of hydrogen-bond donors (Lipinski definition) is 1. The van der Waals surface area contributed by atoms with Crippen LogP contribution < -0.4 is 5.32 Å². The van der Waals surface area contributed by atoms with E-state index in [4.69, 9.17) is 0 Å². The normalized spacial score (nSPS) is 10.6. The second-order valence-electron chi connectivity index (χ2n) is 3.92. The highest BCUT2D eigenvalue weighted by Gasteiger charge is 2.04. The van der Waals surface area contributed by atoms with E-state index in [9.17, 15) is 8.78 Å². The van der Waals surface area contributed by atoms with Crippen molar-refractivity contribution in [2.75, 3.05) is 5.32 Å². The number of hydrogen-bond acceptors (Lipinski definition) is 2. The Kier molecular flexibility index (Phi) is 3.08. The van der Waals surface area contributed by atoms with Gasteiger partial charge in [0.1, 0.15) is 0 Å². The number of anilines is 1. The molecule has 0 unspecified atom stereocenters. The molecular formula is C12H13F2N3. The molecule has 0 amide bonds. The molecule has 17 heavy (non-hydrogen) atoms. The van der Waals surface area contributed by atoms with Gasteiger partial charge in [-0.05, 0) is 24.6 Å². The first-order valence-corrected chi connectivity index (χ1v) is 5.24. The van der Waals surface area contributed by atoms with Crippen LogP contribution >= 0.6 is 0 Å². The third kappa shape index (κ3) is 2.61. The van der Waals surface area contributed by atoms with Crippen LogP contribution in [0.3, 0.4) is 0 Å². The van der Waals surface area contributed by atoms with Gasteiger partial charge in [-0.3, -0.25) is 0 Å². The van der Waals surface area contributed by atoms with Gasteiger partial charge < -0.3 is 9.88 Å². The maximum absolute atomic E-state index is 13.0. The highest BCUT2D eigenvalue weighted by atomic mass is 19.2. The Morgan fingerprint density at radius 3 is 2.65 bits per heavy atom. The Morgan fingerprint density at radius 1 is 1.29 bits per heavy atom. The molecule has 0 aliphatic heterocycles. The van der Waals surface area contributed by atoms with Crippen molar-refractivity contribution in [1.29, 1.82) is 0 Å². The number of halogens is 2. The van der Waals surface area contributed by atoms with Crippen molar-refractivity contribution in [1.82, 2.24) is 9.55 Å². The largest absolute Gasteiger partial charge is 0.352 e. The lowest BCUT2D eigenvalue weighted by Crippen LogP contribution is -2.05. The van der Waals surface area contributed by atoms with Gasteiger partial charge in [0, 0.05) is 19.8 Å². The standard InChI is InChI=1S/C12H13F2N3/c1-8-7-17(2)12(16-8)15-6-9-3-4-10(13)11(14)5-9/h3-5,7H,6H2,1-2H3,(H,15,16). The zero-order valence-corrected chi connectivity index (χ0v) is 9.67. The average molecular weight is 237 g/mol. The van der Waals surface area contributed by atoms with Crippen LogP contribution in [0.5, 0.6) is 0 Å². The lowest BCUT2D eigenvalue weighted by Gasteiger charge is -2.06. The first-order valence-electron chi connectivity index (χ1n) is 5.24. The summed E-state index contributed by atoms with van der Waals surface area (Å²) in [6.07, 6.45) is 1.88. The molecule has 2 aromatic rings. The minimum Gasteiger partial charge on any atom is -0.352 e. The summed E-state index contributed by atoms with van der Waals surface area (Å²) in [7, 11) is 1.87. The molecule has 0 atom stereocenters. The molecular weight excluding hydrogens is 224 g/mol. The van der Waals surface area contributed by atoms with Gasteiger partial charge in [0.15, 0.2) is 11.6 Å². The number of aromatic nitrogens is 2. The molecule has 0 saturated carbocycles. The van der Waals surface area contributed by atoms with Crippen LogP contribution in [0.15, 0.2) is 24.4 Å². The highest BCUT2D eigenvalue weighted by Crippen LogP contribution is 2.11. The predicted octanol–water partition coefficient (Wildman–Crippen LogP) is 2.62. The number of aryl methyl sites for hydroxylation is 2. The molecule has 1 N–H and O–H groups in total. The molecule has 0 spiro atoms. The van der Waals surface area contributed by atoms with Gasteiger partial charge in [-0.25, -0.2) is 13.8 Å². The first kappa shape index (κ1) is 11.6. The Labute approximate surface area is 98.1 Å². The number of benzene rings is 1. The summed E-state index contributed by atoms with van der Waals surface area (Å²) >= 11 is 0. The van der Waals surface area contributed by atoms with Crippen LogP contribution in [0, 0.1) is 18.6 Å². The molecule has 2 rings (SSSR count). The molecule has 0 fully saturated rings. The molecule has 1 heterocycles. The van der Waals surface area contributed by atoms with E-state index < -0.39 is 11.6 Å². The second kappa shape index (κ2) is 4.53. The summed E-state index contributed by atoms with van der Waals surface area (Å²) in [6, 6.07) is 3.84. The van der Waals surface area contributed by atoms with E-state index in [1.807, 2.05) is 24.7 Å². The molecule has 3 nitrogen and oxygen atoms in total. The molecule has 0 bridgehead atoms. The van der Waals surface area contributed by atoms with E-state index in [1.165, 1.54) is 6.07 Å². The fourth-order valence-electron chi connectivity index (χ4n) is 1.61. The van der Waals surface area contributed by atoms with Gasteiger partial charge >= 0.3 is 0 Å². The third-order valence-electron chi connectivity index (χ3n) is 2.43. The van der Waals surface area contributed by atoms with Crippen LogP contribution in [-0.4, -0.2) is 9.55 Å². The minimum absolute atomic E-state index is 0.404. The average Bonchev–Trinajstić information content (AvgIpc) is 2.59. The molecule has 0 aliphatic rings. The van der Waals surface area contributed by atoms with E-state index in [2.05, 4.69) is 10.3 Å². The van der Waals surface area contributed by atoms with Gasteiger partial charge in [-0.15, -0.1) is 0 Å². The van der Waals surface area contributed by atoms with Gasteiger partial charge in [-0.1, -0.05) is 6.07 Å². The summed E-state index contributed by atoms with van der Waals surface area (Å²) in [5.74, 6) is -0.964. The van der Waals surface area contributed by atoms with Crippen LogP contribution in [-0.2, 0) is 13.6 Å². The topological polar surface area (TPSA) is 29.9 Å². The summed E-state index contributed by atoms with van der Waals surface area (Å²) in [6.45, 7) is 2.30. The number of nitrogens with zero attached hydrogens (tertiary/aromatic N) is 2. The maximum Gasteiger partial charge on any atom is 0.203 e. The molecule has 1 aromatic carbocycles. The Morgan fingerprint density at radius 2 is 2.06 bits per heavy atom. The van der Waals surface area contributed by atoms with E-state index in [0.29, 0.717) is 18.1 Å². The van der Waals surface area contributed by atoms with Crippen LogP contribution in [0.4, 0.5) is 14.7 Å². The van der Waals surface area contributed by atoms with Crippen molar-refractivity contribution >= 4 is 5.95 Å². The summed E-state index contributed by atoms with van der Waals surface area (Å²) in [4.78, 5) is 4.25. The fraction of sp³-hybridized carbons (Fsp3) is 0.250. The summed E-state index contributed by atoms with van der Waals surface area (Å²) in [5, 5.41) is 3.06. The molecule has 0 radical (unpaired) electrons. The van der Waals surface area contributed by atoms with Crippen molar-refractivity contribution in [2.24, 2.45) is 7.05 Å². The van der Waals surface area contributed by atoms with E-state index >= 15 is 0 Å². The number of rotatable bonds is 3. The number of nitrogens with one attached hydrogen (secondary N) is 1. The van der Waals surface area contributed by atoms with Crippen LogP contribution in [0.25, 0.3) is 0 Å². The van der Waals surface area contributed by atoms with E-state index in [1.54, 1.807) is 6.07 Å². The summed E-state index contributed by atoms with van der Waals surface area (Å²) in [5.41, 5.74) is 1.57. The molecule has 0 aliphatic carbocycles. The zero-order valence-electron chi connectivity index (χ0n) is 9.67. The van der Waals surface area contributed by atoms with Crippen molar-refractivity contribution in [3.63, 3.8) is 0 Å². The van der Waals surface area contributed by atoms with Crippen molar-refractivity contribution in [3.8, 4) is 0 Å². The maximum atomic E-state index is 13.0. The lowest BCUT2D eigenvalue weighted by molar-refractivity contribution is 0.507. The van der Waals surface area contributed by atoms with Gasteiger partial charge in [0.2, 0.25) is 5.95 Å². The Bertz CT molecular complexity index is 535. The van der Waals surface area contributed by atoms with Crippen molar-refractivity contribution < 1.29 is 8.78 Å². The first-order chi connectivity index (χ1) is 8.06. The molecule has 90 valence electrons. The minimum atomic E-state index is -0.833. The van der Waals surface area contributed by atoms with E-state index in [-0.39, 0.29) is 0 Å². The fourth-order valence-corrected chi connectivity index (χ4v) is 1.61. The van der Waals surface area contributed by atoms with Crippen LogP contribution in [0.2, 0.25) is 0 Å². The predicted molar refractivity (Wildman–Crippen MR) is 61.6 cm³/mol. The van der Waals surface area contributed by atoms with Gasteiger partial charge in [-0.2, -0.15) is 0 Å². The van der Waals surface area contributed by atoms with E-state index in [0.717, 1.165) is 11.8 Å². The third-order valence-corrected chi connectivity index (χ3v) is 2.43. The molecule has 1 aromatic heterocycles. The second-order valence-corrected chi connectivity index (χ2v) is 3.92. The quantitative estimate of drug-likeness (QED) is 0.889.